The molecular weight excluding hydrogens is 460 g/mol. The normalized spacial score (nSPS) is 12.6. The molecule has 0 atom stereocenters. The van der Waals surface area contributed by atoms with Crippen LogP contribution < -0.4 is 0 Å². The van der Waals surface area contributed by atoms with Gasteiger partial charge in [0.2, 0.25) is 0 Å². The first kappa shape index (κ1) is 18.8. The van der Waals surface area contributed by atoms with Crippen molar-refractivity contribution >= 4 is 44.2 Å². The van der Waals surface area contributed by atoms with Crippen molar-refractivity contribution in [1.82, 2.24) is 0 Å². The first-order valence-corrected chi connectivity index (χ1v) is 8.18. The Balaban J connectivity index is 3.05. The Morgan fingerprint density at radius 3 is 1.77 bits per heavy atom. The topological polar surface area (TPSA) is 52.6 Å². The van der Waals surface area contributed by atoms with Crippen molar-refractivity contribution in [3.8, 4) is 0 Å². The monoisotopic (exact) mass is 464 g/mol. The van der Waals surface area contributed by atoms with E-state index in [0.29, 0.717) is 0 Å². The van der Waals surface area contributed by atoms with Gasteiger partial charge in [0.15, 0.2) is 0 Å². The van der Waals surface area contributed by atoms with Gasteiger partial charge >= 0.3 is 131 Å². The van der Waals surface area contributed by atoms with Crippen LogP contribution in [0.3, 0.4) is 0 Å². The Bertz CT molecular complexity index is 545. The van der Waals surface area contributed by atoms with Crippen LogP contribution in [0.25, 0.3) is 0 Å². The van der Waals surface area contributed by atoms with E-state index in [1.165, 1.54) is 12.1 Å². The van der Waals surface area contributed by atoms with Gasteiger partial charge in [-0.05, 0) is 0 Å². The van der Waals surface area contributed by atoms with Gasteiger partial charge < -0.3 is 0 Å². The van der Waals surface area contributed by atoms with Crippen molar-refractivity contribution in [1.29, 1.82) is 0 Å². The van der Waals surface area contributed by atoms with Gasteiger partial charge in [-0.2, -0.15) is 0 Å². The molecule has 1 rings (SSSR count). The minimum atomic E-state index is -5.45. The number of benzene rings is 1. The van der Waals surface area contributed by atoms with Gasteiger partial charge in [-0.15, -0.1) is 0 Å². The number of hydrogen-bond donors (Lipinski definition) is 0. The Kier molecular flexibility index (Phi) is 5.89. The van der Waals surface area contributed by atoms with Crippen LogP contribution in [0.2, 0.25) is 5.02 Å². The molecule has 0 aliphatic carbocycles. The first-order chi connectivity index (χ1) is 9.91. The van der Waals surface area contributed by atoms with Crippen molar-refractivity contribution in [2.24, 2.45) is 0 Å². The van der Waals surface area contributed by atoms with Crippen LogP contribution in [-0.2, 0) is 15.7 Å². The zero-order valence-corrected chi connectivity index (χ0v) is 12.9. The second-order valence-electron chi connectivity index (χ2n) is 3.38. The second kappa shape index (κ2) is 6.89. The Morgan fingerprint density at radius 2 is 1.41 bits per heavy atom. The van der Waals surface area contributed by atoms with Crippen molar-refractivity contribution < 1.29 is 42.1 Å². The van der Waals surface area contributed by atoms with E-state index < -0.39 is 44.9 Å². The SMILES string of the molecule is O=C(OI(OC(=O)C(F)(F)F)c1cccc(Cl)c1)C(F)(F)F. The average molecular weight is 464 g/mol. The third kappa shape index (κ3) is 5.51. The molecule has 1 aromatic rings. The third-order valence-electron chi connectivity index (χ3n) is 1.71. The fourth-order valence-electron chi connectivity index (χ4n) is 0.875. The molecule has 0 saturated carbocycles. The summed E-state index contributed by atoms with van der Waals surface area (Å²) in [5, 5.41) is -0.0501. The molecule has 0 aliphatic rings. The summed E-state index contributed by atoms with van der Waals surface area (Å²) in [4.78, 5) is 21.5. The summed E-state index contributed by atoms with van der Waals surface area (Å²) in [6.45, 7) is 0. The van der Waals surface area contributed by atoms with E-state index >= 15 is 0 Å². The van der Waals surface area contributed by atoms with Crippen molar-refractivity contribution in [3.05, 3.63) is 32.9 Å². The molecule has 0 N–H and O–H groups in total. The van der Waals surface area contributed by atoms with E-state index in [0.717, 1.165) is 12.1 Å². The molecule has 0 amide bonds. The maximum absolute atomic E-state index is 12.1. The molecule has 0 radical (unpaired) electrons. The Hall–Kier alpha value is -1.24. The number of carbonyl (C=O) groups is 2. The van der Waals surface area contributed by atoms with E-state index in [9.17, 15) is 35.9 Å². The second-order valence-corrected chi connectivity index (χ2v) is 7.19. The summed E-state index contributed by atoms with van der Waals surface area (Å²) in [5.74, 6) is -5.51. The van der Waals surface area contributed by atoms with Crippen molar-refractivity contribution in [2.45, 2.75) is 12.4 Å². The summed E-state index contributed by atoms with van der Waals surface area (Å²) >= 11 is 1.18. The molecule has 1 aromatic carbocycles. The molecule has 22 heavy (non-hydrogen) atoms. The zero-order chi connectivity index (χ0) is 17.1. The number of carbonyl (C=O) groups excluding carboxylic acids is 2. The fraction of sp³-hybridized carbons (Fsp3) is 0.200. The minimum absolute atomic E-state index is 0.0501. The van der Waals surface area contributed by atoms with Crippen LogP contribution in [0, 0.1) is 3.57 Å². The van der Waals surface area contributed by atoms with Gasteiger partial charge in [0.05, 0.1) is 0 Å². The number of alkyl halides is 6. The third-order valence-corrected chi connectivity index (χ3v) is 5.23. The average Bonchev–Trinajstić information content (AvgIpc) is 2.35. The van der Waals surface area contributed by atoms with E-state index in [-0.39, 0.29) is 8.59 Å². The van der Waals surface area contributed by atoms with E-state index in [1.807, 2.05) is 0 Å². The molecule has 0 saturated heterocycles. The first-order valence-electron chi connectivity index (χ1n) is 4.96. The van der Waals surface area contributed by atoms with Crippen LogP contribution >= 0.6 is 32.3 Å². The van der Waals surface area contributed by atoms with Crippen LogP contribution in [0.1, 0.15) is 0 Å². The van der Waals surface area contributed by atoms with E-state index in [1.54, 1.807) is 0 Å². The summed E-state index contributed by atoms with van der Waals surface area (Å²) in [7, 11) is 0. The van der Waals surface area contributed by atoms with Crippen LogP contribution in [0.15, 0.2) is 24.3 Å². The van der Waals surface area contributed by atoms with E-state index in [2.05, 4.69) is 6.13 Å². The van der Waals surface area contributed by atoms with Gasteiger partial charge in [-0.1, -0.05) is 0 Å². The predicted octanol–water partition coefficient (Wildman–Crippen LogP) is 4.06. The molecule has 0 spiro atoms. The molecule has 0 aliphatic heterocycles. The van der Waals surface area contributed by atoms with Crippen LogP contribution in [0.5, 0.6) is 0 Å². The zero-order valence-electron chi connectivity index (χ0n) is 9.97. The van der Waals surface area contributed by atoms with Gasteiger partial charge in [-0.25, -0.2) is 0 Å². The molecule has 0 bridgehead atoms. The van der Waals surface area contributed by atoms with Gasteiger partial charge in [0.1, 0.15) is 0 Å². The standard InChI is InChI=1S/C10H4ClF6IO4/c11-5-2-1-3-6(4-5)18(21-7(19)9(12,13)14)22-8(20)10(15,16)17/h1-4H. The van der Waals surface area contributed by atoms with Crippen LogP contribution in [0.4, 0.5) is 26.3 Å². The molecule has 0 fully saturated rings. The molecule has 0 unspecified atom stereocenters. The molecule has 124 valence electrons. The summed E-state index contributed by atoms with van der Waals surface area (Å²) in [6, 6.07) is 4.44. The fourth-order valence-corrected chi connectivity index (χ4v) is 4.17. The van der Waals surface area contributed by atoms with Gasteiger partial charge in [0, 0.05) is 0 Å². The Morgan fingerprint density at radius 1 is 0.955 bits per heavy atom. The van der Waals surface area contributed by atoms with Crippen molar-refractivity contribution in [3.63, 3.8) is 0 Å². The van der Waals surface area contributed by atoms with Gasteiger partial charge in [-0.3, -0.25) is 0 Å². The summed E-state index contributed by atoms with van der Waals surface area (Å²) < 4.78 is 80.3. The van der Waals surface area contributed by atoms with E-state index in [4.69, 9.17) is 11.6 Å². The Labute approximate surface area is 131 Å². The van der Waals surface area contributed by atoms with Crippen LogP contribution in [-0.4, -0.2) is 24.3 Å². The molecule has 4 nitrogen and oxygen atoms in total. The number of halogens is 8. The van der Waals surface area contributed by atoms with Crippen molar-refractivity contribution in [2.75, 3.05) is 0 Å². The predicted molar refractivity (Wildman–Crippen MR) is 68.5 cm³/mol. The van der Waals surface area contributed by atoms with Gasteiger partial charge in [0.25, 0.3) is 0 Å². The quantitative estimate of drug-likeness (QED) is 0.500. The molecule has 0 heterocycles. The number of hydrogen-bond acceptors (Lipinski definition) is 4. The molecular formula is C10H4ClF6IO4. The maximum atomic E-state index is 12.1. The molecule has 0 aromatic heterocycles. The molecule has 12 heteroatoms. The summed E-state index contributed by atoms with van der Waals surface area (Å²) in [6.07, 6.45) is -10.9. The number of rotatable bonds is 3. The summed E-state index contributed by atoms with van der Waals surface area (Å²) in [5.41, 5.74) is 0.